The average Bonchev–Trinajstić information content (AvgIpc) is 2.64. The molecule has 142 valence electrons. The summed E-state index contributed by atoms with van der Waals surface area (Å²) in [4.78, 5) is 35.3. The number of carbonyl (C=O) groups is 3. The van der Waals surface area contributed by atoms with Gasteiger partial charge < -0.3 is 15.4 Å². The highest BCUT2D eigenvalue weighted by atomic mass is 19.1. The van der Waals surface area contributed by atoms with Crippen molar-refractivity contribution in [3.05, 3.63) is 65.5 Å². The molecule has 0 saturated heterocycles. The van der Waals surface area contributed by atoms with E-state index < -0.39 is 17.8 Å². The van der Waals surface area contributed by atoms with Crippen LogP contribution >= 0.6 is 0 Å². The van der Waals surface area contributed by atoms with Crippen molar-refractivity contribution in [3.63, 3.8) is 0 Å². The minimum absolute atomic E-state index is 0.237. The van der Waals surface area contributed by atoms with Gasteiger partial charge >= 0.3 is 5.97 Å². The minimum atomic E-state index is -0.484. The number of esters is 1. The molecule has 0 aliphatic heterocycles. The van der Waals surface area contributed by atoms with Crippen LogP contribution in [0.1, 0.15) is 29.3 Å². The molecule has 0 aromatic heterocycles. The van der Waals surface area contributed by atoms with E-state index in [-0.39, 0.29) is 25.4 Å². The average molecular weight is 372 g/mol. The summed E-state index contributed by atoms with van der Waals surface area (Å²) in [6.07, 6.45) is -0.00768. The summed E-state index contributed by atoms with van der Waals surface area (Å²) in [5.41, 5.74) is 1.34. The Labute approximate surface area is 156 Å². The highest BCUT2D eigenvalue weighted by molar-refractivity contribution is 6.03. The van der Waals surface area contributed by atoms with Crippen LogP contribution in [-0.4, -0.2) is 30.9 Å². The molecule has 2 N–H and O–H groups in total. The first kappa shape index (κ1) is 20.1. The van der Waals surface area contributed by atoms with Crippen molar-refractivity contribution in [1.82, 2.24) is 5.32 Å². The third-order valence-corrected chi connectivity index (χ3v) is 3.68. The summed E-state index contributed by atoms with van der Waals surface area (Å²) < 4.78 is 18.4. The zero-order chi connectivity index (χ0) is 19.6. The van der Waals surface area contributed by atoms with Gasteiger partial charge in [-0.2, -0.15) is 0 Å². The second kappa shape index (κ2) is 10.1. The number of hydrogen-bond acceptors (Lipinski definition) is 4. The van der Waals surface area contributed by atoms with Crippen molar-refractivity contribution in [2.45, 2.75) is 19.8 Å². The van der Waals surface area contributed by atoms with E-state index in [0.717, 1.165) is 0 Å². The Morgan fingerprint density at radius 1 is 1.00 bits per heavy atom. The van der Waals surface area contributed by atoms with Crippen molar-refractivity contribution in [2.24, 2.45) is 0 Å². The van der Waals surface area contributed by atoms with E-state index in [1.165, 1.54) is 18.2 Å². The van der Waals surface area contributed by atoms with E-state index in [9.17, 15) is 18.8 Å². The van der Waals surface area contributed by atoms with Crippen LogP contribution in [0.2, 0.25) is 0 Å². The fraction of sp³-hybridized carbons (Fsp3) is 0.250. The van der Waals surface area contributed by atoms with Gasteiger partial charge in [0.25, 0.3) is 0 Å². The second-order valence-corrected chi connectivity index (χ2v) is 5.71. The predicted molar refractivity (Wildman–Crippen MR) is 98.8 cm³/mol. The number of halogens is 1. The smallest absolute Gasteiger partial charge is 0.338 e. The molecule has 0 radical (unpaired) electrons. The molecule has 27 heavy (non-hydrogen) atoms. The lowest BCUT2D eigenvalue weighted by Crippen LogP contribution is -2.29. The number of nitrogens with one attached hydrogen (secondary N) is 2. The van der Waals surface area contributed by atoms with Crippen molar-refractivity contribution < 1.29 is 23.5 Å². The quantitative estimate of drug-likeness (QED) is 0.551. The Morgan fingerprint density at radius 2 is 1.70 bits per heavy atom. The summed E-state index contributed by atoms with van der Waals surface area (Å²) in [6.45, 7) is 2.23. The van der Waals surface area contributed by atoms with Crippen molar-refractivity contribution >= 4 is 23.5 Å². The lowest BCUT2D eigenvalue weighted by atomic mass is 10.1. The molecule has 7 heteroatoms. The predicted octanol–water partition coefficient (Wildman–Crippen LogP) is 2.69. The van der Waals surface area contributed by atoms with Gasteiger partial charge in [0.1, 0.15) is 12.2 Å². The van der Waals surface area contributed by atoms with Gasteiger partial charge in [0, 0.05) is 12.2 Å². The fourth-order valence-electron chi connectivity index (χ4n) is 2.36. The Balaban J connectivity index is 1.75. The normalized spacial score (nSPS) is 10.1. The standard InChI is InChI=1S/C20H21FN2O4/c1-2-27-20(26)15-7-9-16(10-8-15)23-19(25)13-18(24)22-12-11-14-5-3-4-6-17(14)21/h3-10H,2,11-13H2,1H3,(H,22,24)(H,23,25). The number of hydrogen-bond donors (Lipinski definition) is 2. The van der Waals surface area contributed by atoms with Crippen LogP contribution in [0.25, 0.3) is 0 Å². The maximum Gasteiger partial charge on any atom is 0.338 e. The molecule has 0 aliphatic rings. The minimum Gasteiger partial charge on any atom is -0.462 e. The van der Waals surface area contributed by atoms with Crippen LogP contribution < -0.4 is 10.6 Å². The largest absolute Gasteiger partial charge is 0.462 e. The summed E-state index contributed by atoms with van der Waals surface area (Å²) in [7, 11) is 0. The lowest BCUT2D eigenvalue weighted by molar-refractivity contribution is -0.126. The van der Waals surface area contributed by atoms with Gasteiger partial charge in [0.2, 0.25) is 11.8 Å². The zero-order valence-corrected chi connectivity index (χ0v) is 15.0. The van der Waals surface area contributed by atoms with Crippen LogP contribution in [0, 0.1) is 5.82 Å². The van der Waals surface area contributed by atoms with E-state index in [2.05, 4.69) is 10.6 Å². The van der Waals surface area contributed by atoms with Gasteiger partial charge in [0.05, 0.1) is 12.2 Å². The number of amides is 2. The van der Waals surface area contributed by atoms with Crippen LogP contribution in [-0.2, 0) is 20.7 Å². The number of anilines is 1. The molecule has 0 bridgehead atoms. The molecule has 2 amide bonds. The Bertz CT molecular complexity index is 806. The van der Waals surface area contributed by atoms with Gasteiger partial charge in [-0.05, 0) is 49.2 Å². The first-order chi connectivity index (χ1) is 13.0. The van der Waals surface area contributed by atoms with E-state index in [1.807, 2.05) is 0 Å². The third-order valence-electron chi connectivity index (χ3n) is 3.68. The van der Waals surface area contributed by atoms with Crippen molar-refractivity contribution in [1.29, 1.82) is 0 Å². The summed E-state index contributed by atoms with van der Waals surface area (Å²) in [5.74, 6) is -1.70. The SMILES string of the molecule is CCOC(=O)c1ccc(NC(=O)CC(=O)NCCc2ccccc2F)cc1. The molecule has 2 aromatic carbocycles. The van der Waals surface area contributed by atoms with Gasteiger partial charge in [-0.25, -0.2) is 9.18 Å². The van der Waals surface area contributed by atoms with E-state index in [1.54, 1.807) is 37.3 Å². The van der Waals surface area contributed by atoms with Crippen molar-refractivity contribution in [3.8, 4) is 0 Å². The van der Waals surface area contributed by atoms with E-state index in [4.69, 9.17) is 4.74 Å². The summed E-state index contributed by atoms with van der Waals surface area (Å²) in [6, 6.07) is 12.5. The second-order valence-electron chi connectivity index (χ2n) is 5.71. The van der Waals surface area contributed by atoms with Crippen LogP contribution in [0.15, 0.2) is 48.5 Å². The number of benzene rings is 2. The van der Waals surface area contributed by atoms with E-state index in [0.29, 0.717) is 23.2 Å². The van der Waals surface area contributed by atoms with Crippen LogP contribution in [0.3, 0.4) is 0 Å². The van der Waals surface area contributed by atoms with Crippen LogP contribution in [0.5, 0.6) is 0 Å². The van der Waals surface area contributed by atoms with E-state index >= 15 is 0 Å². The summed E-state index contributed by atoms with van der Waals surface area (Å²) >= 11 is 0. The summed E-state index contributed by atoms with van der Waals surface area (Å²) in [5, 5.41) is 5.16. The monoisotopic (exact) mass is 372 g/mol. The third kappa shape index (κ3) is 6.54. The number of ether oxygens (including phenoxy) is 1. The Hall–Kier alpha value is -3.22. The van der Waals surface area contributed by atoms with Crippen molar-refractivity contribution in [2.75, 3.05) is 18.5 Å². The molecule has 0 fully saturated rings. The lowest BCUT2D eigenvalue weighted by Gasteiger charge is -2.08. The molecule has 0 unspecified atom stereocenters. The molecule has 0 atom stereocenters. The molecule has 0 aliphatic carbocycles. The van der Waals surface area contributed by atoms with Gasteiger partial charge in [-0.15, -0.1) is 0 Å². The molecule has 0 heterocycles. The molecule has 6 nitrogen and oxygen atoms in total. The fourth-order valence-corrected chi connectivity index (χ4v) is 2.36. The molecule has 0 saturated carbocycles. The first-order valence-corrected chi connectivity index (χ1v) is 8.56. The topological polar surface area (TPSA) is 84.5 Å². The maximum atomic E-state index is 13.5. The highest BCUT2D eigenvalue weighted by Crippen LogP contribution is 2.11. The number of rotatable bonds is 8. The molecule has 2 rings (SSSR count). The zero-order valence-electron chi connectivity index (χ0n) is 15.0. The van der Waals surface area contributed by atoms with Gasteiger partial charge in [-0.3, -0.25) is 9.59 Å². The molecular formula is C20H21FN2O4. The molecular weight excluding hydrogens is 351 g/mol. The van der Waals surface area contributed by atoms with Gasteiger partial charge in [0.15, 0.2) is 0 Å². The molecule has 0 spiro atoms. The maximum absolute atomic E-state index is 13.5. The van der Waals surface area contributed by atoms with Gasteiger partial charge in [-0.1, -0.05) is 18.2 Å². The molecule has 2 aromatic rings. The highest BCUT2D eigenvalue weighted by Gasteiger charge is 2.11. The van der Waals surface area contributed by atoms with Crippen LogP contribution in [0.4, 0.5) is 10.1 Å². The Kier molecular flexibility index (Phi) is 7.49. The Morgan fingerprint density at radius 3 is 2.37 bits per heavy atom. The number of carbonyl (C=O) groups excluding carboxylic acids is 3. The first-order valence-electron chi connectivity index (χ1n) is 8.56.